The summed E-state index contributed by atoms with van der Waals surface area (Å²) in [5.74, 6) is 5.35. The van der Waals surface area contributed by atoms with E-state index in [-0.39, 0.29) is 5.82 Å². The fraction of sp³-hybridized carbons (Fsp3) is 0.467. The number of halogens is 1. The molecule has 2 atom stereocenters. The molecule has 0 fully saturated rings. The van der Waals surface area contributed by atoms with Gasteiger partial charge < -0.3 is 9.84 Å². The van der Waals surface area contributed by atoms with Crippen LogP contribution < -0.4 is 0 Å². The van der Waals surface area contributed by atoms with E-state index in [9.17, 15) is 9.50 Å². The van der Waals surface area contributed by atoms with Gasteiger partial charge in [0.2, 0.25) is 0 Å². The smallest absolute Gasteiger partial charge is 0.143 e. The van der Waals surface area contributed by atoms with Crippen LogP contribution in [0, 0.1) is 17.7 Å². The summed E-state index contributed by atoms with van der Waals surface area (Å²) in [6, 6.07) is 6.01. The highest BCUT2D eigenvalue weighted by Gasteiger charge is 2.07. The second-order valence-corrected chi connectivity index (χ2v) is 4.11. The minimum Gasteiger partial charge on any atom is -0.380 e. The number of ether oxygens (including phenoxy) is 1. The van der Waals surface area contributed by atoms with Gasteiger partial charge in [-0.15, -0.1) is 0 Å². The van der Waals surface area contributed by atoms with E-state index in [2.05, 4.69) is 18.8 Å². The van der Waals surface area contributed by atoms with Gasteiger partial charge in [-0.1, -0.05) is 43.7 Å². The van der Waals surface area contributed by atoms with Gasteiger partial charge in [0, 0.05) is 7.11 Å². The van der Waals surface area contributed by atoms with Crippen LogP contribution in [-0.4, -0.2) is 18.3 Å². The first kappa shape index (κ1) is 14.7. The Kier molecular flexibility index (Phi) is 6.42. The topological polar surface area (TPSA) is 29.5 Å². The quantitative estimate of drug-likeness (QED) is 0.814. The van der Waals surface area contributed by atoms with Crippen LogP contribution >= 0.6 is 0 Å². The van der Waals surface area contributed by atoms with Crippen LogP contribution in [0.4, 0.5) is 4.39 Å². The summed E-state index contributed by atoms with van der Waals surface area (Å²) in [4.78, 5) is 0. The molecule has 0 bridgehead atoms. The Morgan fingerprint density at radius 3 is 2.50 bits per heavy atom. The van der Waals surface area contributed by atoms with Crippen LogP contribution in [0.15, 0.2) is 24.3 Å². The van der Waals surface area contributed by atoms with Crippen LogP contribution in [0.25, 0.3) is 0 Å². The first-order chi connectivity index (χ1) is 8.67. The molecule has 3 heteroatoms. The van der Waals surface area contributed by atoms with Gasteiger partial charge in [0.1, 0.15) is 18.0 Å². The molecular weight excluding hydrogens is 231 g/mol. The van der Waals surface area contributed by atoms with Crippen molar-refractivity contribution in [2.24, 2.45) is 0 Å². The normalized spacial score (nSPS) is 13.6. The van der Waals surface area contributed by atoms with Crippen LogP contribution in [0.2, 0.25) is 0 Å². The van der Waals surface area contributed by atoms with Crippen LogP contribution in [-0.2, 0) is 4.74 Å². The monoisotopic (exact) mass is 250 g/mol. The highest BCUT2D eigenvalue weighted by molar-refractivity contribution is 5.26. The fourth-order valence-electron chi connectivity index (χ4n) is 1.56. The summed E-state index contributed by atoms with van der Waals surface area (Å²) in [7, 11) is 1.54. The van der Waals surface area contributed by atoms with E-state index in [4.69, 9.17) is 4.74 Å². The first-order valence-corrected chi connectivity index (χ1v) is 6.14. The lowest BCUT2D eigenvalue weighted by Gasteiger charge is -2.09. The van der Waals surface area contributed by atoms with E-state index < -0.39 is 12.2 Å². The summed E-state index contributed by atoms with van der Waals surface area (Å²) in [6.07, 6.45) is 1.60. The number of methoxy groups -OCH3 is 1. The van der Waals surface area contributed by atoms with Gasteiger partial charge in [-0.05, 0) is 24.1 Å². The number of benzene rings is 1. The predicted octanol–water partition coefficient (Wildman–Crippen LogP) is 3.07. The molecule has 0 aromatic heterocycles. The van der Waals surface area contributed by atoms with Crippen molar-refractivity contribution in [3.63, 3.8) is 0 Å². The largest absolute Gasteiger partial charge is 0.380 e. The van der Waals surface area contributed by atoms with Crippen molar-refractivity contribution in [2.75, 3.05) is 7.11 Å². The Bertz CT molecular complexity index is 403. The molecule has 0 saturated heterocycles. The summed E-state index contributed by atoms with van der Waals surface area (Å²) in [6.45, 7) is 2.07. The average Bonchev–Trinajstić information content (AvgIpc) is 2.39. The zero-order valence-corrected chi connectivity index (χ0v) is 10.8. The Morgan fingerprint density at radius 2 is 1.94 bits per heavy atom. The van der Waals surface area contributed by atoms with Crippen molar-refractivity contribution in [3.8, 4) is 11.8 Å². The van der Waals surface area contributed by atoms with Gasteiger partial charge in [0.25, 0.3) is 0 Å². The van der Waals surface area contributed by atoms with E-state index >= 15 is 0 Å². The third-order valence-corrected chi connectivity index (χ3v) is 2.62. The highest BCUT2D eigenvalue weighted by Crippen LogP contribution is 2.16. The second kappa shape index (κ2) is 7.86. The maximum Gasteiger partial charge on any atom is 0.143 e. The van der Waals surface area contributed by atoms with Gasteiger partial charge in [0.05, 0.1) is 0 Å². The maximum atomic E-state index is 12.8. The van der Waals surface area contributed by atoms with Crippen molar-refractivity contribution in [3.05, 3.63) is 35.6 Å². The van der Waals surface area contributed by atoms with Crippen molar-refractivity contribution in [1.82, 2.24) is 0 Å². The van der Waals surface area contributed by atoms with Gasteiger partial charge >= 0.3 is 0 Å². The lowest BCUT2D eigenvalue weighted by Crippen LogP contribution is -2.04. The lowest BCUT2D eigenvalue weighted by molar-refractivity contribution is 0.149. The molecule has 1 rings (SSSR count). The molecule has 1 N–H and O–H groups in total. The molecule has 0 saturated carbocycles. The number of rotatable bonds is 5. The summed E-state index contributed by atoms with van der Waals surface area (Å²) in [5.41, 5.74) is 0.786. The Labute approximate surface area is 108 Å². The molecule has 0 amide bonds. The van der Waals surface area contributed by atoms with Crippen LogP contribution in [0.1, 0.15) is 37.9 Å². The predicted molar refractivity (Wildman–Crippen MR) is 69.5 cm³/mol. The standard InChI is InChI=1S/C15H19FO2/c1-3-4-5-14(17)10-11-15(18-2)12-6-8-13(16)9-7-12/h6-9,14-15,17H,3-5H2,1-2H3. The van der Waals surface area contributed by atoms with E-state index in [1.807, 2.05) is 0 Å². The summed E-state index contributed by atoms with van der Waals surface area (Å²) in [5, 5.41) is 9.63. The molecule has 18 heavy (non-hydrogen) atoms. The van der Waals surface area contributed by atoms with Gasteiger partial charge in [0.15, 0.2) is 0 Å². The molecule has 2 unspecified atom stereocenters. The molecule has 0 heterocycles. The Balaban J connectivity index is 2.67. The molecule has 0 aliphatic heterocycles. The van der Waals surface area contributed by atoms with Crippen LogP contribution in [0.5, 0.6) is 0 Å². The molecule has 98 valence electrons. The van der Waals surface area contributed by atoms with Gasteiger partial charge in [-0.3, -0.25) is 0 Å². The second-order valence-electron chi connectivity index (χ2n) is 4.11. The summed E-state index contributed by atoms with van der Waals surface area (Å²) >= 11 is 0. The molecule has 0 spiro atoms. The van der Waals surface area contributed by atoms with Crippen molar-refractivity contribution in [1.29, 1.82) is 0 Å². The molecule has 0 aliphatic rings. The summed E-state index contributed by atoms with van der Waals surface area (Å²) < 4.78 is 18.0. The molecule has 1 aromatic rings. The van der Waals surface area contributed by atoms with Crippen LogP contribution in [0.3, 0.4) is 0 Å². The molecule has 1 aromatic carbocycles. The highest BCUT2D eigenvalue weighted by atomic mass is 19.1. The van der Waals surface area contributed by atoms with E-state index in [0.717, 1.165) is 18.4 Å². The van der Waals surface area contributed by atoms with Gasteiger partial charge in [-0.2, -0.15) is 0 Å². The van der Waals surface area contributed by atoms with Crippen molar-refractivity contribution in [2.45, 2.75) is 38.4 Å². The van der Waals surface area contributed by atoms with Crippen molar-refractivity contribution < 1.29 is 14.2 Å². The third kappa shape index (κ3) is 4.87. The molecule has 2 nitrogen and oxygen atoms in total. The lowest BCUT2D eigenvalue weighted by atomic mass is 10.1. The van der Waals surface area contributed by atoms with E-state index in [0.29, 0.717) is 6.42 Å². The minimum atomic E-state index is -0.622. The van der Waals surface area contributed by atoms with E-state index in [1.165, 1.54) is 12.1 Å². The third-order valence-electron chi connectivity index (χ3n) is 2.62. The molecular formula is C15H19FO2. The van der Waals surface area contributed by atoms with Crippen molar-refractivity contribution >= 4 is 0 Å². The number of aliphatic hydroxyl groups excluding tert-OH is 1. The number of hydrogen-bond donors (Lipinski definition) is 1. The SMILES string of the molecule is CCCCC(O)C#CC(OC)c1ccc(F)cc1. The van der Waals surface area contributed by atoms with E-state index in [1.54, 1.807) is 19.2 Å². The maximum absolute atomic E-state index is 12.8. The Hall–Kier alpha value is -1.37. The first-order valence-electron chi connectivity index (χ1n) is 6.14. The Morgan fingerprint density at radius 1 is 1.28 bits per heavy atom. The number of aliphatic hydroxyl groups is 1. The number of unbranched alkanes of at least 4 members (excludes halogenated alkanes) is 1. The average molecular weight is 250 g/mol. The zero-order chi connectivity index (χ0) is 13.4. The van der Waals surface area contributed by atoms with Gasteiger partial charge in [-0.25, -0.2) is 4.39 Å². The minimum absolute atomic E-state index is 0.287. The zero-order valence-electron chi connectivity index (χ0n) is 10.8. The number of hydrogen-bond acceptors (Lipinski definition) is 2. The fourth-order valence-corrected chi connectivity index (χ4v) is 1.56. The molecule has 0 radical (unpaired) electrons. The molecule has 0 aliphatic carbocycles.